The minimum atomic E-state index is -1.56. The number of hydrogen-bond donors (Lipinski definition) is 0. The van der Waals surface area contributed by atoms with E-state index in [1.807, 2.05) is 32.9 Å². The summed E-state index contributed by atoms with van der Waals surface area (Å²) in [6, 6.07) is 9.47. The third-order valence-corrected chi connectivity index (χ3v) is 7.18. The van der Waals surface area contributed by atoms with Gasteiger partial charge in [0.25, 0.3) is 0 Å². The summed E-state index contributed by atoms with van der Waals surface area (Å²) in [6.45, 7) is 6.77. The first-order valence-electron chi connectivity index (χ1n) is 9.21. The quantitative estimate of drug-likeness (QED) is 0.739. The molecule has 0 bridgehead atoms. The second kappa shape index (κ2) is 8.07. The van der Waals surface area contributed by atoms with Crippen LogP contribution in [0.4, 0.5) is 8.78 Å². The lowest BCUT2D eigenvalue weighted by Crippen LogP contribution is -2.52. The van der Waals surface area contributed by atoms with Gasteiger partial charge in [0.1, 0.15) is 5.82 Å². The van der Waals surface area contributed by atoms with Crippen LogP contribution >= 0.6 is 0 Å². The molecule has 2 aromatic carbocycles. The number of ether oxygens (including phenoxy) is 2. The summed E-state index contributed by atoms with van der Waals surface area (Å²) in [4.78, 5) is 0.606. The summed E-state index contributed by atoms with van der Waals surface area (Å²) >= 11 is 0. The van der Waals surface area contributed by atoms with E-state index in [4.69, 9.17) is 9.47 Å². The molecule has 0 radical (unpaired) electrons. The number of benzene rings is 2. The first-order chi connectivity index (χ1) is 13.0. The van der Waals surface area contributed by atoms with Gasteiger partial charge < -0.3 is 9.47 Å². The second-order valence-corrected chi connectivity index (χ2v) is 8.27. The molecule has 4 rings (SSSR count). The van der Waals surface area contributed by atoms with Crippen LogP contribution in [0, 0.1) is 24.5 Å². The average molecular weight is 394 g/mol. The van der Waals surface area contributed by atoms with Crippen LogP contribution in [0.3, 0.4) is 0 Å². The Hall–Kier alpha value is -1.79. The van der Waals surface area contributed by atoms with Crippen LogP contribution in [-0.4, -0.2) is 24.0 Å². The van der Waals surface area contributed by atoms with Gasteiger partial charge in [0.05, 0.1) is 34.3 Å². The van der Waals surface area contributed by atoms with E-state index in [0.29, 0.717) is 24.5 Å². The monoisotopic (exact) mass is 394 g/mol. The maximum Gasteiger partial charge on any atom is 0.165 e. The highest BCUT2D eigenvalue weighted by molar-refractivity contribution is 7.86. The van der Waals surface area contributed by atoms with Gasteiger partial charge in [-0.05, 0) is 37.6 Å². The van der Waals surface area contributed by atoms with Crippen molar-refractivity contribution in [3.05, 3.63) is 59.2 Å². The van der Waals surface area contributed by atoms with Crippen LogP contribution in [0.1, 0.15) is 31.4 Å². The van der Waals surface area contributed by atoms with Crippen LogP contribution in [0.15, 0.2) is 41.3 Å². The second-order valence-electron chi connectivity index (χ2n) is 6.54. The molecule has 0 amide bonds. The maximum atomic E-state index is 14.8. The first-order valence-corrected chi connectivity index (χ1v) is 10.4. The summed E-state index contributed by atoms with van der Waals surface area (Å²) in [6.07, 6.45) is 0.356. The highest BCUT2D eigenvalue weighted by Gasteiger charge is 2.54. The molecule has 1 fully saturated rings. The Balaban J connectivity index is 0.00000102. The topological polar surface area (TPSA) is 35.5 Å². The Kier molecular flexibility index (Phi) is 5.96. The van der Waals surface area contributed by atoms with E-state index in [2.05, 4.69) is 0 Å². The lowest BCUT2D eigenvalue weighted by atomic mass is 9.79. The van der Waals surface area contributed by atoms with Crippen LogP contribution in [0.2, 0.25) is 0 Å². The highest BCUT2D eigenvalue weighted by atomic mass is 32.2. The molecule has 0 aliphatic carbocycles. The largest absolute Gasteiger partial charge is 0.490 e. The van der Waals surface area contributed by atoms with Crippen molar-refractivity contribution < 1.29 is 22.5 Å². The fraction of sp³-hybridized carbons (Fsp3) is 0.429. The van der Waals surface area contributed by atoms with E-state index < -0.39 is 27.2 Å². The maximum absolute atomic E-state index is 14.8. The van der Waals surface area contributed by atoms with Gasteiger partial charge >= 0.3 is 0 Å². The van der Waals surface area contributed by atoms with Crippen molar-refractivity contribution in [1.29, 1.82) is 0 Å². The van der Waals surface area contributed by atoms with E-state index in [-0.39, 0.29) is 23.8 Å². The van der Waals surface area contributed by atoms with Crippen molar-refractivity contribution in [2.24, 2.45) is 5.92 Å². The van der Waals surface area contributed by atoms with Gasteiger partial charge in [-0.3, -0.25) is 4.21 Å². The lowest BCUT2D eigenvalue weighted by Gasteiger charge is -2.46. The molecular weight excluding hydrogens is 370 g/mol. The van der Waals surface area contributed by atoms with Crippen LogP contribution in [0.25, 0.3) is 0 Å². The van der Waals surface area contributed by atoms with Crippen LogP contribution in [-0.2, 0) is 20.3 Å². The van der Waals surface area contributed by atoms with E-state index in [1.54, 1.807) is 12.1 Å². The van der Waals surface area contributed by atoms with E-state index in [0.717, 1.165) is 17.7 Å². The first kappa shape index (κ1) is 20.0. The fourth-order valence-corrected chi connectivity index (χ4v) is 5.65. The van der Waals surface area contributed by atoms with Crippen molar-refractivity contribution >= 4 is 10.8 Å². The smallest absolute Gasteiger partial charge is 0.165 e. The van der Waals surface area contributed by atoms with Crippen molar-refractivity contribution in [2.45, 2.75) is 36.8 Å². The zero-order valence-corrected chi connectivity index (χ0v) is 16.6. The third-order valence-electron chi connectivity index (χ3n) is 5.07. The normalized spacial score (nSPS) is 24.6. The van der Waals surface area contributed by atoms with Crippen molar-refractivity contribution in [3.8, 4) is 5.75 Å². The van der Waals surface area contributed by atoms with Gasteiger partial charge in [-0.25, -0.2) is 8.78 Å². The minimum Gasteiger partial charge on any atom is -0.490 e. The van der Waals surface area contributed by atoms with Crippen molar-refractivity contribution in [2.75, 3.05) is 19.8 Å². The van der Waals surface area contributed by atoms with Crippen LogP contribution in [0.5, 0.6) is 5.75 Å². The van der Waals surface area contributed by atoms with Crippen molar-refractivity contribution in [1.82, 2.24) is 0 Å². The van der Waals surface area contributed by atoms with Gasteiger partial charge in [0, 0.05) is 17.4 Å². The summed E-state index contributed by atoms with van der Waals surface area (Å²) in [5, 5.41) is 0. The molecule has 2 aromatic rings. The van der Waals surface area contributed by atoms with E-state index in [9.17, 15) is 13.0 Å². The summed E-state index contributed by atoms with van der Waals surface area (Å²) in [7, 11) is -1.56. The zero-order valence-electron chi connectivity index (χ0n) is 15.8. The van der Waals surface area contributed by atoms with Crippen LogP contribution < -0.4 is 4.74 Å². The minimum absolute atomic E-state index is 0.0889. The molecule has 27 heavy (non-hydrogen) atoms. The molecule has 2 aliphatic heterocycles. The number of fused-ring (bicyclic) bond motifs is 3. The Morgan fingerprint density at radius 3 is 2.41 bits per heavy atom. The molecule has 0 aromatic heterocycles. The summed E-state index contributed by atoms with van der Waals surface area (Å²) in [5.41, 5.74) is 1.14. The molecule has 3 nitrogen and oxygen atoms in total. The number of aryl methyl sites for hydroxylation is 1. The SMILES string of the molecule is CC.Cc1ccc(S(=O)[C@@]23CCOCC2COc2c(F)ccc(F)c23)cc1. The Morgan fingerprint density at radius 2 is 1.70 bits per heavy atom. The highest BCUT2D eigenvalue weighted by Crippen LogP contribution is 2.52. The predicted molar refractivity (Wildman–Crippen MR) is 101 cm³/mol. The molecular formula is C21H24F2O3S. The predicted octanol–water partition coefficient (Wildman–Crippen LogP) is 4.73. The Labute approximate surface area is 161 Å². The number of rotatable bonds is 2. The molecule has 2 unspecified atom stereocenters. The molecule has 2 aliphatic rings. The Bertz CT molecular complexity index is 838. The molecule has 146 valence electrons. The van der Waals surface area contributed by atoms with Gasteiger partial charge in [-0.2, -0.15) is 0 Å². The standard InChI is InChI=1S/C19H18F2O3S.C2H6/c1-12-2-4-14(5-3-12)25(22)19-8-9-23-10-13(19)11-24-18-16(21)7-6-15(20)17(18)19;1-2/h2-7,13H,8-11H2,1H3;1-2H3/t13?,19-,25?;/m0./s1. The summed E-state index contributed by atoms with van der Waals surface area (Å²) < 4.78 is 52.6. The molecule has 3 atom stereocenters. The van der Waals surface area contributed by atoms with Gasteiger partial charge in [-0.1, -0.05) is 31.5 Å². The number of hydrogen-bond acceptors (Lipinski definition) is 3. The molecule has 6 heteroatoms. The molecule has 2 heterocycles. The van der Waals surface area contributed by atoms with Gasteiger partial charge in [0.15, 0.2) is 11.6 Å². The van der Waals surface area contributed by atoms with E-state index in [1.165, 1.54) is 0 Å². The molecule has 0 saturated carbocycles. The van der Waals surface area contributed by atoms with Crippen molar-refractivity contribution in [3.63, 3.8) is 0 Å². The fourth-order valence-electron chi connectivity index (χ4n) is 3.76. The Morgan fingerprint density at radius 1 is 1.04 bits per heavy atom. The molecule has 0 spiro atoms. The summed E-state index contributed by atoms with van der Waals surface area (Å²) in [5.74, 6) is -1.61. The lowest BCUT2D eigenvalue weighted by molar-refractivity contribution is -0.00494. The zero-order chi connectivity index (χ0) is 19.6. The average Bonchev–Trinajstić information content (AvgIpc) is 2.71. The van der Waals surface area contributed by atoms with Gasteiger partial charge in [0.2, 0.25) is 0 Å². The van der Waals surface area contributed by atoms with Gasteiger partial charge in [-0.15, -0.1) is 0 Å². The van der Waals surface area contributed by atoms with E-state index >= 15 is 0 Å². The third kappa shape index (κ3) is 3.29. The molecule has 0 N–H and O–H groups in total. The molecule has 1 saturated heterocycles. The number of halogens is 2.